The van der Waals surface area contributed by atoms with Gasteiger partial charge in [-0.05, 0) is 18.2 Å². The fourth-order valence-corrected chi connectivity index (χ4v) is 2.92. The van der Waals surface area contributed by atoms with Gasteiger partial charge < -0.3 is 16.0 Å². The van der Waals surface area contributed by atoms with E-state index in [2.05, 4.69) is 25.3 Å². The van der Waals surface area contributed by atoms with Gasteiger partial charge in [0, 0.05) is 0 Å². The van der Waals surface area contributed by atoms with Crippen molar-refractivity contribution in [1.29, 1.82) is 0 Å². The number of amides is 1. The molecule has 2 heterocycles. The molecule has 3 aromatic rings. The first-order chi connectivity index (χ1) is 12.6. The summed E-state index contributed by atoms with van der Waals surface area (Å²) in [4.78, 5) is 36.6. The minimum Gasteiger partial charge on any atom is -0.369 e. The van der Waals surface area contributed by atoms with E-state index < -0.39 is 23.2 Å². The lowest BCUT2D eigenvalue weighted by Gasteiger charge is -2.11. The number of benzene rings is 1. The molecule has 13 heteroatoms. The Bertz CT molecular complexity index is 1080. The van der Waals surface area contributed by atoms with Crippen LogP contribution in [0.25, 0.3) is 11.2 Å². The molecular weight excluding hydrogens is 409 g/mol. The minimum atomic E-state index is -4.56. The summed E-state index contributed by atoms with van der Waals surface area (Å²) in [5, 5.41) is 2.50. The van der Waals surface area contributed by atoms with Crippen molar-refractivity contribution in [2.75, 3.05) is 16.8 Å². The van der Waals surface area contributed by atoms with Gasteiger partial charge in [0.2, 0.25) is 11.9 Å². The van der Waals surface area contributed by atoms with E-state index in [1.807, 2.05) is 0 Å². The highest BCUT2D eigenvalue weighted by atomic mass is 35.5. The van der Waals surface area contributed by atoms with Crippen LogP contribution in [0.4, 0.5) is 24.8 Å². The molecule has 3 rings (SSSR count). The molecule has 0 aliphatic carbocycles. The monoisotopic (exact) mass is 418 g/mol. The molecule has 0 fully saturated rings. The van der Waals surface area contributed by atoms with Crippen molar-refractivity contribution in [3.8, 4) is 0 Å². The Labute approximate surface area is 157 Å². The number of nitrogens with one attached hydrogen (secondary N) is 3. The Morgan fingerprint density at radius 2 is 2.04 bits per heavy atom. The normalized spacial score (nSPS) is 11.7. The average molecular weight is 419 g/mol. The molecule has 0 bridgehead atoms. The summed E-state index contributed by atoms with van der Waals surface area (Å²) in [6.45, 7) is 0. The molecular formula is C14H10ClF3N6O2S. The van der Waals surface area contributed by atoms with Crippen LogP contribution in [0.3, 0.4) is 0 Å². The minimum absolute atomic E-state index is 0.0312. The number of H-pyrrole nitrogens is 2. The molecule has 0 aliphatic rings. The summed E-state index contributed by atoms with van der Waals surface area (Å²) in [6.07, 6.45) is -4.56. The highest BCUT2D eigenvalue weighted by Gasteiger charge is 2.31. The van der Waals surface area contributed by atoms with Crippen LogP contribution in [0.15, 0.2) is 28.2 Å². The zero-order valence-electron chi connectivity index (χ0n) is 13.1. The lowest BCUT2D eigenvalue weighted by atomic mass is 10.2. The number of thioether (sulfide) groups is 1. The van der Waals surface area contributed by atoms with Gasteiger partial charge in [-0.1, -0.05) is 23.4 Å². The summed E-state index contributed by atoms with van der Waals surface area (Å²) in [7, 11) is 0. The van der Waals surface area contributed by atoms with Crippen LogP contribution in [0.5, 0.6) is 0 Å². The summed E-state index contributed by atoms with van der Waals surface area (Å²) in [5.41, 5.74) is 3.98. The molecule has 1 aromatic carbocycles. The van der Waals surface area contributed by atoms with E-state index in [1.165, 1.54) is 0 Å². The van der Waals surface area contributed by atoms with E-state index in [9.17, 15) is 22.8 Å². The molecule has 0 unspecified atom stereocenters. The highest BCUT2D eigenvalue weighted by Crippen LogP contribution is 2.33. The molecule has 0 saturated heterocycles. The maximum atomic E-state index is 12.8. The number of hydrogen-bond donors (Lipinski definition) is 4. The third-order valence-electron chi connectivity index (χ3n) is 3.27. The van der Waals surface area contributed by atoms with Crippen molar-refractivity contribution in [3.05, 3.63) is 39.1 Å². The van der Waals surface area contributed by atoms with Crippen LogP contribution in [-0.4, -0.2) is 31.6 Å². The molecule has 1 amide bonds. The molecule has 5 N–H and O–H groups in total. The Hall–Kier alpha value is -2.73. The van der Waals surface area contributed by atoms with E-state index >= 15 is 0 Å². The van der Waals surface area contributed by atoms with Crippen molar-refractivity contribution >= 4 is 52.1 Å². The van der Waals surface area contributed by atoms with Crippen LogP contribution in [0.1, 0.15) is 5.56 Å². The van der Waals surface area contributed by atoms with Gasteiger partial charge in [0.1, 0.15) is 0 Å². The molecule has 27 heavy (non-hydrogen) atoms. The first kappa shape index (κ1) is 19.0. The maximum Gasteiger partial charge on any atom is 0.416 e. The molecule has 0 aliphatic heterocycles. The van der Waals surface area contributed by atoms with Gasteiger partial charge in [-0.25, -0.2) is 4.98 Å². The van der Waals surface area contributed by atoms with Crippen LogP contribution >= 0.6 is 23.4 Å². The van der Waals surface area contributed by atoms with Crippen molar-refractivity contribution < 1.29 is 18.0 Å². The number of alkyl halides is 3. The number of carbonyl (C=O) groups is 1. The number of hydrogen-bond acceptors (Lipinski definition) is 6. The standard InChI is InChI=1S/C14H10ClF3N6O2S/c15-6-2-1-5(14(16,17)18)3-7(6)20-8(25)4-27-13-21-9-10(23-13)22-12(19)24-11(9)26/h1-3H,4H2,(H,20,25)(H4,19,21,22,23,24,26). The first-order valence-corrected chi connectivity index (χ1v) is 8.55. The second-order valence-electron chi connectivity index (χ2n) is 5.22. The predicted molar refractivity (Wildman–Crippen MR) is 94.7 cm³/mol. The third-order valence-corrected chi connectivity index (χ3v) is 4.47. The van der Waals surface area contributed by atoms with E-state index in [0.717, 1.165) is 30.0 Å². The fourth-order valence-electron chi connectivity index (χ4n) is 2.09. The number of rotatable bonds is 4. The van der Waals surface area contributed by atoms with E-state index in [4.69, 9.17) is 17.3 Å². The molecule has 0 saturated carbocycles. The first-order valence-electron chi connectivity index (χ1n) is 7.18. The van der Waals surface area contributed by atoms with Gasteiger partial charge in [0.05, 0.1) is 22.0 Å². The number of anilines is 2. The second kappa shape index (κ2) is 7.12. The van der Waals surface area contributed by atoms with Crippen molar-refractivity contribution in [3.63, 3.8) is 0 Å². The van der Waals surface area contributed by atoms with Crippen molar-refractivity contribution in [2.45, 2.75) is 11.3 Å². The fraction of sp³-hybridized carbons (Fsp3) is 0.143. The van der Waals surface area contributed by atoms with E-state index in [-0.39, 0.29) is 38.7 Å². The zero-order valence-corrected chi connectivity index (χ0v) is 14.7. The average Bonchev–Trinajstić information content (AvgIpc) is 2.97. The Kier molecular flexibility index (Phi) is 5.02. The van der Waals surface area contributed by atoms with Gasteiger partial charge in [-0.2, -0.15) is 18.2 Å². The van der Waals surface area contributed by atoms with Gasteiger partial charge >= 0.3 is 6.18 Å². The molecule has 142 valence electrons. The molecule has 0 radical (unpaired) electrons. The number of aromatic nitrogens is 4. The number of halogens is 4. The summed E-state index contributed by atoms with van der Waals surface area (Å²) < 4.78 is 38.3. The SMILES string of the molecule is Nc1nc2nc(SCC(=O)Nc3cc(C(F)(F)F)ccc3Cl)[nH]c2c(=O)[nH]1. The van der Waals surface area contributed by atoms with E-state index in [0.29, 0.717) is 0 Å². The Balaban J connectivity index is 1.70. The Morgan fingerprint density at radius 3 is 2.74 bits per heavy atom. The molecule has 0 atom stereocenters. The lowest BCUT2D eigenvalue weighted by molar-refractivity contribution is -0.137. The van der Waals surface area contributed by atoms with Crippen molar-refractivity contribution in [1.82, 2.24) is 19.9 Å². The predicted octanol–water partition coefficient (Wildman–Crippen LogP) is 2.63. The van der Waals surface area contributed by atoms with Crippen LogP contribution in [0, 0.1) is 0 Å². The maximum absolute atomic E-state index is 12.8. The molecule has 8 nitrogen and oxygen atoms in total. The number of nitrogen functional groups attached to an aromatic ring is 1. The molecule has 2 aromatic heterocycles. The Morgan fingerprint density at radius 1 is 1.30 bits per heavy atom. The smallest absolute Gasteiger partial charge is 0.369 e. The highest BCUT2D eigenvalue weighted by molar-refractivity contribution is 7.99. The number of imidazole rings is 1. The summed E-state index contributed by atoms with van der Waals surface area (Å²) in [6, 6.07) is 2.62. The van der Waals surface area contributed by atoms with Gasteiger partial charge in [-0.15, -0.1) is 0 Å². The number of nitrogens with zero attached hydrogens (tertiary/aromatic N) is 2. The number of nitrogens with two attached hydrogens (primary N) is 1. The van der Waals surface area contributed by atoms with Crippen LogP contribution < -0.4 is 16.6 Å². The number of aromatic amines is 2. The van der Waals surface area contributed by atoms with Crippen LogP contribution in [-0.2, 0) is 11.0 Å². The van der Waals surface area contributed by atoms with Crippen molar-refractivity contribution in [2.24, 2.45) is 0 Å². The van der Waals surface area contributed by atoms with E-state index in [1.54, 1.807) is 0 Å². The van der Waals surface area contributed by atoms with Gasteiger partial charge in [0.15, 0.2) is 16.3 Å². The topological polar surface area (TPSA) is 130 Å². The van der Waals surface area contributed by atoms with Gasteiger partial charge in [-0.3, -0.25) is 14.6 Å². The largest absolute Gasteiger partial charge is 0.416 e. The number of carbonyl (C=O) groups excluding carboxylic acids is 1. The quantitative estimate of drug-likeness (QED) is 0.482. The second-order valence-corrected chi connectivity index (χ2v) is 6.59. The zero-order chi connectivity index (χ0) is 19.8. The van der Waals surface area contributed by atoms with Gasteiger partial charge in [0.25, 0.3) is 5.56 Å². The summed E-state index contributed by atoms with van der Waals surface area (Å²) in [5.74, 6) is -0.907. The van der Waals surface area contributed by atoms with Crippen LogP contribution in [0.2, 0.25) is 5.02 Å². The lowest BCUT2D eigenvalue weighted by Crippen LogP contribution is -2.15. The summed E-state index contributed by atoms with van der Waals surface area (Å²) >= 11 is 6.75. The number of fused-ring (bicyclic) bond motifs is 1. The molecule has 0 spiro atoms. The third kappa shape index (κ3) is 4.34.